The minimum atomic E-state index is -3.70. The van der Waals surface area contributed by atoms with Crippen molar-refractivity contribution in [1.29, 1.82) is 0 Å². The van der Waals surface area contributed by atoms with Crippen LogP contribution in [0.15, 0.2) is 24.3 Å². The lowest BCUT2D eigenvalue weighted by molar-refractivity contribution is -0.136. The first-order valence-corrected chi connectivity index (χ1v) is 13.3. The van der Waals surface area contributed by atoms with Gasteiger partial charge in [0, 0.05) is 12.9 Å². The number of amides is 1. The van der Waals surface area contributed by atoms with E-state index in [2.05, 4.69) is 5.48 Å². The Kier molecular flexibility index (Phi) is 9.15. The molecule has 10 heteroatoms. The number of sulfone groups is 1. The molecule has 0 saturated carbocycles. The predicted molar refractivity (Wildman–Crippen MR) is 129 cm³/mol. The molecule has 2 N–H and O–H groups in total. The normalized spacial score (nSPS) is 19.3. The minimum absolute atomic E-state index is 0.107. The number of hydroxylamine groups is 1. The molecule has 0 radical (unpaired) electrons. The molecule has 1 heterocycles. The van der Waals surface area contributed by atoms with E-state index in [4.69, 9.17) is 19.3 Å². The Bertz CT molecular complexity index is 886. The van der Waals surface area contributed by atoms with E-state index in [1.165, 1.54) is 6.92 Å². The number of benzene rings is 1. The van der Waals surface area contributed by atoms with Crippen LogP contribution in [-0.4, -0.2) is 62.0 Å². The smallest absolute Gasteiger partial charge is 0.399 e. The van der Waals surface area contributed by atoms with Crippen molar-refractivity contribution in [2.24, 2.45) is 0 Å². The molecule has 1 fully saturated rings. The summed E-state index contributed by atoms with van der Waals surface area (Å²) in [5.41, 5.74) is 3.22. The van der Waals surface area contributed by atoms with Crippen molar-refractivity contribution in [3.05, 3.63) is 29.8 Å². The fourth-order valence-electron chi connectivity index (χ4n) is 3.36. The van der Waals surface area contributed by atoms with Gasteiger partial charge in [0.1, 0.15) is 4.75 Å². The van der Waals surface area contributed by atoms with Gasteiger partial charge in [-0.3, -0.25) is 9.63 Å². The Balaban J connectivity index is 1.98. The average molecular weight is 483 g/mol. The van der Waals surface area contributed by atoms with Crippen LogP contribution in [0.5, 0.6) is 0 Å². The summed E-state index contributed by atoms with van der Waals surface area (Å²) < 4.78 is 35.4. The highest BCUT2D eigenvalue weighted by Crippen LogP contribution is 2.36. The molecule has 186 valence electrons. The molecule has 1 amide bonds. The number of aliphatic hydroxyl groups excluding tert-OH is 1. The van der Waals surface area contributed by atoms with Crippen molar-refractivity contribution < 1.29 is 32.5 Å². The van der Waals surface area contributed by atoms with E-state index in [1.54, 1.807) is 0 Å². The molecule has 1 aliphatic heterocycles. The first-order chi connectivity index (χ1) is 15.2. The SMILES string of the molecule is CC1(C)OB(c2ccc(CCC(C)(C(=O)NOCCCCCO)S(C)(=O)=O)cc2)OC1(C)C. The van der Waals surface area contributed by atoms with Gasteiger partial charge in [-0.05, 0) is 77.7 Å². The monoisotopic (exact) mass is 483 g/mol. The number of carbonyl (C=O) groups excluding carboxylic acids is 1. The third-order valence-electron chi connectivity index (χ3n) is 6.76. The number of unbranched alkanes of at least 4 members (excludes halogenated alkanes) is 2. The Morgan fingerprint density at radius 2 is 1.67 bits per heavy atom. The van der Waals surface area contributed by atoms with E-state index in [9.17, 15) is 13.2 Å². The van der Waals surface area contributed by atoms with E-state index < -0.39 is 38.8 Å². The molecular formula is C23H38BNO7S. The van der Waals surface area contributed by atoms with Crippen molar-refractivity contribution in [1.82, 2.24) is 5.48 Å². The molecule has 0 aliphatic carbocycles. The maximum absolute atomic E-state index is 12.7. The Morgan fingerprint density at radius 3 is 2.18 bits per heavy atom. The van der Waals surface area contributed by atoms with Crippen molar-refractivity contribution in [3.63, 3.8) is 0 Å². The summed E-state index contributed by atoms with van der Waals surface area (Å²) >= 11 is 0. The van der Waals surface area contributed by atoms with E-state index in [-0.39, 0.29) is 19.6 Å². The van der Waals surface area contributed by atoms with E-state index in [1.807, 2.05) is 52.0 Å². The zero-order valence-electron chi connectivity index (χ0n) is 20.6. The molecule has 0 aromatic heterocycles. The second kappa shape index (κ2) is 10.9. The van der Waals surface area contributed by atoms with E-state index in [0.29, 0.717) is 19.3 Å². The lowest BCUT2D eigenvalue weighted by atomic mass is 9.78. The van der Waals surface area contributed by atoms with Gasteiger partial charge in [-0.25, -0.2) is 13.9 Å². The molecule has 1 atom stereocenters. The molecule has 0 bridgehead atoms. The first-order valence-electron chi connectivity index (χ1n) is 11.4. The zero-order valence-corrected chi connectivity index (χ0v) is 21.5. The summed E-state index contributed by atoms with van der Waals surface area (Å²) in [6, 6.07) is 7.62. The number of hydrogen-bond acceptors (Lipinski definition) is 7. The van der Waals surface area contributed by atoms with Gasteiger partial charge in [0.15, 0.2) is 9.84 Å². The maximum Gasteiger partial charge on any atom is 0.494 e. The van der Waals surface area contributed by atoms with Crippen LogP contribution in [0.3, 0.4) is 0 Å². The Hall–Kier alpha value is -1.46. The van der Waals surface area contributed by atoms with Crippen LogP contribution in [0.4, 0.5) is 0 Å². The van der Waals surface area contributed by atoms with Gasteiger partial charge in [0.25, 0.3) is 5.91 Å². The molecule has 33 heavy (non-hydrogen) atoms. The summed E-state index contributed by atoms with van der Waals surface area (Å²) in [5.74, 6) is -0.680. The second-order valence-electron chi connectivity index (χ2n) is 9.90. The molecule has 1 aromatic rings. The molecule has 1 unspecified atom stereocenters. The van der Waals surface area contributed by atoms with Gasteiger partial charge in [-0.1, -0.05) is 24.3 Å². The van der Waals surface area contributed by atoms with Crippen LogP contribution in [0.1, 0.15) is 65.9 Å². The number of aryl methyl sites for hydroxylation is 1. The summed E-state index contributed by atoms with van der Waals surface area (Å²) in [6.07, 6.45) is 3.66. The minimum Gasteiger partial charge on any atom is -0.399 e. The van der Waals surface area contributed by atoms with Crippen molar-refractivity contribution in [3.8, 4) is 0 Å². The summed E-state index contributed by atoms with van der Waals surface area (Å²) in [6.45, 7) is 9.77. The largest absolute Gasteiger partial charge is 0.494 e. The van der Waals surface area contributed by atoms with E-state index in [0.717, 1.165) is 23.7 Å². The third-order valence-corrected chi connectivity index (χ3v) is 8.79. The van der Waals surface area contributed by atoms with Crippen molar-refractivity contribution in [2.45, 2.75) is 82.7 Å². The Labute approximate surface area is 198 Å². The standard InChI is InChI=1S/C23H38BNO7S/c1-21(2)22(3,4)32-24(31-21)19-12-10-18(11-13-19)14-15-23(5,33(6,28)29)20(27)25-30-17-9-7-8-16-26/h10-13,26H,7-9,14-17H2,1-6H3,(H,25,27). The van der Waals surface area contributed by atoms with Crippen LogP contribution in [0.2, 0.25) is 0 Å². The molecule has 2 rings (SSSR count). The van der Waals surface area contributed by atoms with Crippen LogP contribution >= 0.6 is 0 Å². The highest BCUT2D eigenvalue weighted by Gasteiger charge is 2.51. The van der Waals surface area contributed by atoms with Crippen LogP contribution in [-0.2, 0) is 35.2 Å². The number of carbonyl (C=O) groups is 1. The summed E-state index contributed by atoms with van der Waals surface area (Å²) in [7, 11) is -4.16. The molecule has 1 aliphatic rings. The van der Waals surface area contributed by atoms with Gasteiger partial charge < -0.3 is 14.4 Å². The molecular weight excluding hydrogens is 445 g/mol. The summed E-state index contributed by atoms with van der Waals surface area (Å²) in [4.78, 5) is 17.9. The van der Waals surface area contributed by atoms with Gasteiger partial charge >= 0.3 is 7.12 Å². The van der Waals surface area contributed by atoms with Crippen molar-refractivity contribution in [2.75, 3.05) is 19.5 Å². The predicted octanol–water partition coefficient (Wildman–Crippen LogP) is 1.93. The van der Waals surface area contributed by atoms with Crippen LogP contribution in [0, 0.1) is 0 Å². The second-order valence-corrected chi connectivity index (χ2v) is 12.3. The fraction of sp³-hybridized carbons (Fsp3) is 0.696. The van der Waals surface area contributed by atoms with Gasteiger partial charge in [-0.2, -0.15) is 0 Å². The van der Waals surface area contributed by atoms with Crippen LogP contribution < -0.4 is 10.9 Å². The molecule has 1 saturated heterocycles. The first kappa shape index (κ1) is 27.8. The summed E-state index contributed by atoms with van der Waals surface area (Å²) in [5, 5.41) is 8.78. The lowest BCUT2D eigenvalue weighted by Crippen LogP contribution is -2.50. The average Bonchev–Trinajstić information content (AvgIpc) is 2.95. The van der Waals surface area contributed by atoms with Gasteiger partial charge in [-0.15, -0.1) is 0 Å². The Morgan fingerprint density at radius 1 is 1.09 bits per heavy atom. The highest BCUT2D eigenvalue weighted by atomic mass is 32.2. The van der Waals surface area contributed by atoms with E-state index >= 15 is 0 Å². The zero-order chi connectivity index (χ0) is 24.9. The maximum atomic E-state index is 12.7. The number of aliphatic hydroxyl groups is 1. The van der Waals surface area contributed by atoms with Crippen LogP contribution in [0.25, 0.3) is 0 Å². The number of nitrogens with one attached hydrogen (secondary N) is 1. The van der Waals surface area contributed by atoms with Gasteiger partial charge in [0.2, 0.25) is 0 Å². The van der Waals surface area contributed by atoms with Gasteiger partial charge in [0.05, 0.1) is 17.8 Å². The van der Waals surface area contributed by atoms with Crippen molar-refractivity contribution >= 4 is 28.3 Å². The quantitative estimate of drug-likeness (QED) is 0.266. The number of rotatable bonds is 12. The fourth-order valence-corrected chi connectivity index (χ4v) is 4.21. The molecule has 1 aromatic carbocycles. The molecule has 8 nitrogen and oxygen atoms in total. The highest BCUT2D eigenvalue weighted by molar-refractivity contribution is 7.92. The number of hydrogen-bond donors (Lipinski definition) is 2. The topological polar surface area (TPSA) is 111 Å². The molecule has 0 spiro atoms. The third kappa shape index (κ3) is 6.79. The lowest BCUT2D eigenvalue weighted by Gasteiger charge is -2.32.